The van der Waals surface area contributed by atoms with Gasteiger partial charge in [-0.1, -0.05) is 23.8 Å². The number of hydrogen-bond donors (Lipinski definition) is 1. The third-order valence-electron chi connectivity index (χ3n) is 5.55. The van der Waals surface area contributed by atoms with Gasteiger partial charge in [-0.05, 0) is 55.0 Å². The number of barbiturate groups is 1. The summed E-state index contributed by atoms with van der Waals surface area (Å²) >= 11 is 0. The molecule has 4 rings (SSSR count). The summed E-state index contributed by atoms with van der Waals surface area (Å²) in [7, 11) is 1.45. The summed E-state index contributed by atoms with van der Waals surface area (Å²) in [5.74, 6) is -0.333. The summed E-state index contributed by atoms with van der Waals surface area (Å²) in [5, 5.41) is 12.9. The van der Waals surface area contributed by atoms with Crippen LogP contribution in [0.4, 0.5) is 16.2 Å². The van der Waals surface area contributed by atoms with Crippen molar-refractivity contribution in [3.63, 3.8) is 0 Å². The molecule has 1 fully saturated rings. The van der Waals surface area contributed by atoms with Crippen molar-refractivity contribution in [1.82, 2.24) is 5.32 Å². The van der Waals surface area contributed by atoms with Gasteiger partial charge in [0.1, 0.15) is 24.5 Å². The van der Waals surface area contributed by atoms with Crippen molar-refractivity contribution in [2.75, 3.05) is 25.2 Å². The van der Waals surface area contributed by atoms with Crippen molar-refractivity contribution in [3.8, 4) is 17.2 Å². The SMILES string of the molecule is COc1cc(/C=C2\C(=O)NC(=O)N(c3ccc(C)cc3)C2=O)ccc1OCCOc1ccc([N+](=O)[O-])cc1. The number of anilines is 1. The zero-order chi connectivity index (χ0) is 27.2. The quantitative estimate of drug-likeness (QED) is 0.148. The third-order valence-corrected chi connectivity index (χ3v) is 5.55. The lowest BCUT2D eigenvalue weighted by molar-refractivity contribution is -0.384. The van der Waals surface area contributed by atoms with Crippen LogP contribution in [-0.4, -0.2) is 43.1 Å². The van der Waals surface area contributed by atoms with Crippen LogP contribution in [-0.2, 0) is 9.59 Å². The van der Waals surface area contributed by atoms with Gasteiger partial charge in [0.15, 0.2) is 11.5 Å². The minimum Gasteiger partial charge on any atom is -0.493 e. The minimum atomic E-state index is -0.821. The van der Waals surface area contributed by atoms with Crippen molar-refractivity contribution in [3.05, 3.63) is 93.5 Å². The molecular formula is C27H23N3O8. The van der Waals surface area contributed by atoms with E-state index in [4.69, 9.17) is 14.2 Å². The van der Waals surface area contributed by atoms with Gasteiger partial charge in [-0.2, -0.15) is 0 Å². The number of amides is 4. The maximum absolute atomic E-state index is 13.1. The Bertz CT molecular complexity index is 1420. The molecule has 0 aromatic heterocycles. The predicted octanol–water partition coefficient (Wildman–Crippen LogP) is 4.04. The topological polar surface area (TPSA) is 137 Å². The molecule has 11 heteroatoms. The number of ether oxygens (including phenoxy) is 3. The Morgan fingerprint density at radius 3 is 2.26 bits per heavy atom. The number of aryl methyl sites for hydroxylation is 1. The number of carbonyl (C=O) groups excluding carboxylic acids is 3. The maximum Gasteiger partial charge on any atom is 0.335 e. The van der Waals surface area contributed by atoms with Crippen LogP contribution in [0.1, 0.15) is 11.1 Å². The fourth-order valence-corrected chi connectivity index (χ4v) is 3.62. The van der Waals surface area contributed by atoms with Gasteiger partial charge in [-0.3, -0.25) is 25.0 Å². The summed E-state index contributed by atoms with van der Waals surface area (Å²) in [6, 6.07) is 16.5. The fourth-order valence-electron chi connectivity index (χ4n) is 3.62. The van der Waals surface area contributed by atoms with Gasteiger partial charge in [-0.25, -0.2) is 9.69 Å². The molecule has 0 atom stereocenters. The zero-order valence-electron chi connectivity index (χ0n) is 20.5. The molecule has 0 spiro atoms. The number of rotatable bonds is 9. The van der Waals surface area contributed by atoms with Gasteiger partial charge >= 0.3 is 6.03 Å². The van der Waals surface area contributed by atoms with Crippen LogP contribution < -0.4 is 24.4 Å². The summed E-state index contributed by atoms with van der Waals surface area (Å²) in [6.07, 6.45) is 1.37. The number of nitrogens with zero attached hydrogens (tertiary/aromatic N) is 2. The Labute approximate surface area is 217 Å². The molecule has 0 unspecified atom stereocenters. The summed E-state index contributed by atoms with van der Waals surface area (Å²) < 4.78 is 16.6. The maximum atomic E-state index is 13.1. The van der Waals surface area contributed by atoms with Crippen molar-refractivity contribution in [2.24, 2.45) is 0 Å². The number of urea groups is 1. The fraction of sp³-hybridized carbons (Fsp3) is 0.148. The molecule has 1 aliphatic heterocycles. The highest BCUT2D eigenvalue weighted by Gasteiger charge is 2.36. The molecule has 11 nitrogen and oxygen atoms in total. The summed E-state index contributed by atoms with van der Waals surface area (Å²) in [4.78, 5) is 49.1. The largest absolute Gasteiger partial charge is 0.493 e. The Morgan fingerprint density at radius 2 is 1.61 bits per heavy atom. The number of carbonyl (C=O) groups is 3. The van der Waals surface area contributed by atoms with Crippen LogP contribution in [0.25, 0.3) is 6.08 Å². The first-order valence-corrected chi connectivity index (χ1v) is 11.4. The van der Waals surface area contributed by atoms with Crippen molar-refractivity contribution >= 4 is 35.3 Å². The molecule has 3 aromatic carbocycles. The monoisotopic (exact) mass is 517 g/mol. The summed E-state index contributed by atoms with van der Waals surface area (Å²) in [5.41, 5.74) is 1.53. The molecule has 0 saturated carbocycles. The van der Waals surface area contributed by atoms with E-state index in [2.05, 4.69) is 5.32 Å². The Hall–Kier alpha value is -5.19. The number of nitrogens with one attached hydrogen (secondary N) is 1. The Balaban J connectivity index is 1.44. The highest BCUT2D eigenvalue weighted by molar-refractivity contribution is 6.39. The van der Waals surface area contributed by atoms with Crippen LogP contribution in [0.2, 0.25) is 0 Å². The van der Waals surface area contributed by atoms with Crippen LogP contribution in [0, 0.1) is 17.0 Å². The van der Waals surface area contributed by atoms with Crippen LogP contribution in [0.5, 0.6) is 17.2 Å². The lowest BCUT2D eigenvalue weighted by Gasteiger charge is -2.26. The van der Waals surface area contributed by atoms with Gasteiger partial charge in [0, 0.05) is 12.1 Å². The summed E-state index contributed by atoms with van der Waals surface area (Å²) in [6.45, 7) is 2.20. The van der Waals surface area contributed by atoms with Gasteiger partial charge in [-0.15, -0.1) is 0 Å². The molecular weight excluding hydrogens is 494 g/mol. The van der Waals surface area contributed by atoms with E-state index in [1.165, 1.54) is 37.5 Å². The molecule has 0 bridgehead atoms. The van der Waals surface area contributed by atoms with E-state index in [-0.39, 0.29) is 24.5 Å². The van der Waals surface area contributed by atoms with Crippen molar-refractivity contribution in [2.45, 2.75) is 6.92 Å². The van der Waals surface area contributed by atoms with Gasteiger partial charge in [0.2, 0.25) is 0 Å². The van der Waals surface area contributed by atoms with E-state index < -0.39 is 22.8 Å². The van der Waals surface area contributed by atoms with Crippen LogP contribution in [0.3, 0.4) is 0 Å². The molecule has 3 aromatic rings. The molecule has 1 saturated heterocycles. The Morgan fingerprint density at radius 1 is 0.921 bits per heavy atom. The molecule has 194 valence electrons. The van der Waals surface area contributed by atoms with Crippen molar-refractivity contribution < 1.29 is 33.5 Å². The second kappa shape index (κ2) is 11.2. The van der Waals surface area contributed by atoms with Gasteiger partial charge in [0.25, 0.3) is 17.5 Å². The second-order valence-corrected chi connectivity index (χ2v) is 8.15. The molecule has 1 aliphatic rings. The molecule has 1 N–H and O–H groups in total. The number of nitro groups is 1. The van der Waals surface area contributed by atoms with Crippen molar-refractivity contribution in [1.29, 1.82) is 0 Å². The van der Waals surface area contributed by atoms with E-state index in [1.54, 1.807) is 42.5 Å². The van der Waals surface area contributed by atoms with E-state index >= 15 is 0 Å². The Kier molecular flexibility index (Phi) is 7.66. The standard InChI is InChI=1S/C27H23N3O8/c1-17-3-6-19(7-4-17)29-26(32)22(25(31)28-27(29)33)15-18-5-12-23(24(16-18)36-2)38-14-13-37-21-10-8-20(9-11-21)30(34)35/h3-12,15-16H,13-14H2,1-2H3,(H,28,31,33)/b22-15+. The highest BCUT2D eigenvalue weighted by atomic mass is 16.6. The van der Waals surface area contributed by atoms with Crippen LogP contribution in [0.15, 0.2) is 72.3 Å². The second-order valence-electron chi connectivity index (χ2n) is 8.15. The van der Waals surface area contributed by atoms with E-state index in [1.807, 2.05) is 6.92 Å². The number of hydrogen-bond acceptors (Lipinski definition) is 8. The number of non-ortho nitro benzene ring substituents is 1. The zero-order valence-corrected chi connectivity index (χ0v) is 20.5. The normalized spacial score (nSPS) is 14.3. The van der Waals surface area contributed by atoms with E-state index in [9.17, 15) is 24.5 Å². The number of methoxy groups -OCH3 is 1. The van der Waals surface area contributed by atoms with E-state index in [0.717, 1.165) is 10.5 Å². The number of benzene rings is 3. The first-order valence-electron chi connectivity index (χ1n) is 11.4. The van der Waals surface area contributed by atoms with E-state index in [0.29, 0.717) is 28.5 Å². The molecule has 0 aliphatic carbocycles. The lowest BCUT2D eigenvalue weighted by Crippen LogP contribution is -2.54. The number of nitro benzene ring substituents is 1. The third kappa shape index (κ3) is 5.78. The lowest BCUT2D eigenvalue weighted by atomic mass is 10.1. The average Bonchev–Trinajstić information content (AvgIpc) is 2.90. The van der Waals surface area contributed by atoms with Crippen LogP contribution >= 0.6 is 0 Å². The molecule has 0 radical (unpaired) electrons. The first kappa shape index (κ1) is 25.9. The van der Waals surface area contributed by atoms with Gasteiger partial charge < -0.3 is 14.2 Å². The van der Waals surface area contributed by atoms with Gasteiger partial charge in [0.05, 0.1) is 17.7 Å². The highest BCUT2D eigenvalue weighted by Crippen LogP contribution is 2.30. The predicted molar refractivity (Wildman–Crippen MR) is 137 cm³/mol. The molecule has 4 amide bonds. The molecule has 38 heavy (non-hydrogen) atoms. The average molecular weight is 517 g/mol. The number of imide groups is 2. The smallest absolute Gasteiger partial charge is 0.335 e. The first-order chi connectivity index (χ1) is 18.3. The minimum absolute atomic E-state index is 0.0322. The molecule has 1 heterocycles.